The van der Waals surface area contributed by atoms with Gasteiger partial charge in [-0.2, -0.15) is 5.10 Å². The molecule has 0 radical (unpaired) electrons. The van der Waals surface area contributed by atoms with Gasteiger partial charge in [0.15, 0.2) is 5.75 Å². The quantitative estimate of drug-likeness (QED) is 0.811. The summed E-state index contributed by atoms with van der Waals surface area (Å²) in [6.45, 7) is 8.07. The highest BCUT2D eigenvalue weighted by molar-refractivity contribution is 7.05. The van der Waals surface area contributed by atoms with Crippen LogP contribution in [-0.4, -0.2) is 33.0 Å². The molecule has 116 valence electrons. The molecule has 0 aliphatic rings. The topological polar surface area (TPSA) is 64.9 Å². The van der Waals surface area contributed by atoms with E-state index in [4.69, 9.17) is 4.74 Å². The molecule has 0 aliphatic heterocycles. The van der Waals surface area contributed by atoms with E-state index in [2.05, 4.69) is 40.8 Å². The van der Waals surface area contributed by atoms with Crippen LogP contribution in [0.25, 0.3) is 0 Å². The lowest BCUT2D eigenvalue weighted by molar-refractivity contribution is 0.398. The fraction of sp³-hybridized carbons (Fsp3) is 0.643. The second-order valence-electron chi connectivity index (χ2n) is 4.75. The molecule has 0 saturated heterocycles. The van der Waals surface area contributed by atoms with Crippen molar-refractivity contribution in [3.63, 3.8) is 0 Å². The molecule has 0 saturated carbocycles. The number of nitrogens with one attached hydrogen (secondary N) is 1. The summed E-state index contributed by atoms with van der Waals surface area (Å²) in [6, 6.07) is 0.0222. The first kappa shape index (κ1) is 15.9. The van der Waals surface area contributed by atoms with Crippen LogP contribution in [0.2, 0.25) is 0 Å². The van der Waals surface area contributed by atoms with E-state index in [9.17, 15) is 0 Å². The summed E-state index contributed by atoms with van der Waals surface area (Å²) in [5.74, 6) is 0.810. The van der Waals surface area contributed by atoms with E-state index in [1.807, 2.05) is 4.68 Å². The van der Waals surface area contributed by atoms with Crippen molar-refractivity contribution in [1.82, 2.24) is 24.7 Å². The molecule has 0 amide bonds. The molecule has 7 heteroatoms. The van der Waals surface area contributed by atoms with E-state index in [1.165, 1.54) is 11.5 Å². The van der Waals surface area contributed by atoms with Gasteiger partial charge in [-0.25, -0.2) is 0 Å². The van der Waals surface area contributed by atoms with Crippen LogP contribution in [0.4, 0.5) is 0 Å². The lowest BCUT2D eigenvalue weighted by Gasteiger charge is -2.19. The number of hydrogen-bond donors (Lipinski definition) is 1. The fourth-order valence-electron chi connectivity index (χ4n) is 2.41. The maximum absolute atomic E-state index is 5.51. The van der Waals surface area contributed by atoms with Crippen LogP contribution in [0.5, 0.6) is 5.75 Å². The van der Waals surface area contributed by atoms with Crippen LogP contribution in [-0.2, 0) is 13.0 Å². The summed E-state index contributed by atoms with van der Waals surface area (Å²) < 4.78 is 11.6. The fourth-order valence-corrected chi connectivity index (χ4v) is 3.23. The number of ether oxygens (including phenoxy) is 1. The Bertz CT molecular complexity index is 565. The van der Waals surface area contributed by atoms with Gasteiger partial charge in [-0.05, 0) is 30.9 Å². The summed E-state index contributed by atoms with van der Waals surface area (Å²) in [7, 11) is 1.69. The Hall–Kier alpha value is -1.47. The van der Waals surface area contributed by atoms with Crippen molar-refractivity contribution in [3.05, 3.63) is 22.5 Å². The van der Waals surface area contributed by atoms with Gasteiger partial charge in [0.25, 0.3) is 0 Å². The van der Waals surface area contributed by atoms with Crippen molar-refractivity contribution in [2.45, 2.75) is 46.2 Å². The molecule has 0 fully saturated rings. The van der Waals surface area contributed by atoms with E-state index in [0.717, 1.165) is 47.9 Å². The molecule has 0 spiro atoms. The van der Waals surface area contributed by atoms with Gasteiger partial charge in [-0.3, -0.25) is 4.68 Å². The third kappa shape index (κ3) is 3.24. The molecule has 2 heterocycles. The first-order chi connectivity index (χ1) is 10.3. The maximum Gasteiger partial charge on any atom is 0.161 e. The van der Waals surface area contributed by atoms with Gasteiger partial charge >= 0.3 is 0 Å². The monoisotopic (exact) mass is 309 g/mol. The second kappa shape index (κ2) is 7.51. The Balaban J connectivity index is 2.49. The zero-order valence-corrected chi connectivity index (χ0v) is 13.9. The summed E-state index contributed by atoms with van der Waals surface area (Å²) in [5, 5.41) is 12.2. The average Bonchev–Trinajstić information content (AvgIpc) is 3.11. The van der Waals surface area contributed by atoms with Crippen LogP contribution in [0.3, 0.4) is 0 Å². The minimum atomic E-state index is 0.0222. The van der Waals surface area contributed by atoms with Crippen molar-refractivity contribution in [3.8, 4) is 5.75 Å². The van der Waals surface area contributed by atoms with Crippen LogP contribution >= 0.6 is 11.5 Å². The Morgan fingerprint density at radius 2 is 2.19 bits per heavy atom. The number of rotatable bonds is 8. The Morgan fingerprint density at radius 1 is 1.38 bits per heavy atom. The van der Waals surface area contributed by atoms with Crippen LogP contribution in [0, 0.1) is 0 Å². The number of methoxy groups -OCH3 is 1. The summed E-state index contributed by atoms with van der Waals surface area (Å²) >= 11 is 1.45. The van der Waals surface area contributed by atoms with Crippen LogP contribution in [0.15, 0.2) is 6.20 Å². The number of nitrogens with zero attached hydrogens (tertiary/aromatic N) is 4. The molecule has 1 unspecified atom stereocenters. The zero-order valence-electron chi connectivity index (χ0n) is 13.1. The molecule has 1 atom stereocenters. The molecule has 0 bridgehead atoms. The van der Waals surface area contributed by atoms with Gasteiger partial charge in [0.1, 0.15) is 5.69 Å². The summed E-state index contributed by atoms with van der Waals surface area (Å²) in [4.78, 5) is 1.15. The summed E-state index contributed by atoms with van der Waals surface area (Å²) in [5.41, 5.74) is 2.10. The maximum atomic E-state index is 5.51. The van der Waals surface area contributed by atoms with Gasteiger partial charge in [-0.1, -0.05) is 25.3 Å². The lowest BCUT2D eigenvalue weighted by Crippen LogP contribution is -2.25. The molecule has 6 nitrogen and oxygen atoms in total. The van der Waals surface area contributed by atoms with Crippen molar-refractivity contribution in [2.24, 2.45) is 0 Å². The SMILES string of the molecule is CCCn1ncc(OC)c1C(NCC)c1snnc1CC. The van der Waals surface area contributed by atoms with Crippen molar-refractivity contribution in [1.29, 1.82) is 0 Å². The second-order valence-corrected chi connectivity index (χ2v) is 5.54. The Labute approximate surface area is 129 Å². The molecule has 2 aromatic heterocycles. The Morgan fingerprint density at radius 3 is 2.81 bits per heavy atom. The minimum absolute atomic E-state index is 0.0222. The molecule has 2 aromatic rings. The molecule has 0 aromatic carbocycles. The molecule has 1 N–H and O–H groups in total. The third-order valence-corrected chi connectivity index (χ3v) is 4.20. The van der Waals surface area contributed by atoms with Crippen LogP contribution in [0.1, 0.15) is 49.5 Å². The van der Waals surface area contributed by atoms with E-state index < -0.39 is 0 Å². The highest BCUT2D eigenvalue weighted by atomic mass is 32.1. The van der Waals surface area contributed by atoms with Gasteiger partial charge < -0.3 is 10.1 Å². The van der Waals surface area contributed by atoms with Gasteiger partial charge in [-0.15, -0.1) is 5.10 Å². The zero-order chi connectivity index (χ0) is 15.2. The first-order valence-corrected chi connectivity index (χ1v) is 8.18. The molecular weight excluding hydrogens is 286 g/mol. The predicted molar refractivity (Wildman–Crippen MR) is 83.9 cm³/mol. The standard InChI is InChI=1S/C14H23N5OS/c1-5-8-19-13(11(20-4)9-16-19)12(15-7-3)14-10(6-2)17-18-21-14/h9,12,15H,5-8H2,1-4H3. The largest absolute Gasteiger partial charge is 0.493 e. The van der Waals surface area contributed by atoms with E-state index in [1.54, 1.807) is 13.3 Å². The normalized spacial score (nSPS) is 12.6. The molecule has 2 rings (SSSR count). The van der Waals surface area contributed by atoms with Crippen molar-refractivity contribution < 1.29 is 4.74 Å². The number of hydrogen-bond acceptors (Lipinski definition) is 6. The lowest BCUT2D eigenvalue weighted by atomic mass is 10.1. The van der Waals surface area contributed by atoms with E-state index in [0.29, 0.717) is 0 Å². The average molecular weight is 309 g/mol. The molecular formula is C14H23N5OS. The first-order valence-electron chi connectivity index (χ1n) is 7.40. The highest BCUT2D eigenvalue weighted by Gasteiger charge is 2.26. The van der Waals surface area contributed by atoms with Gasteiger partial charge in [0.2, 0.25) is 0 Å². The van der Waals surface area contributed by atoms with Crippen molar-refractivity contribution >= 4 is 11.5 Å². The number of aromatic nitrogens is 4. The van der Waals surface area contributed by atoms with E-state index in [-0.39, 0.29) is 6.04 Å². The van der Waals surface area contributed by atoms with Gasteiger partial charge in [0.05, 0.1) is 29.9 Å². The van der Waals surface area contributed by atoms with Gasteiger partial charge in [0, 0.05) is 6.54 Å². The van der Waals surface area contributed by atoms with Crippen LogP contribution < -0.4 is 10.1 Å². The summed E-state index contributed by atoms with van der Waals surface area (Å²) in [6.07, 6.45) is 3.69. The Kier molecular flexibility index (Phi) is 5.69. The smallest absolute Gasteiger partial charge is 0.161 e. The predicted octanol–water partition coefficient (Wildman–Crippen LogP) is 2.41. The van der Waals surface area contributed by atoms with E-state index >= 15 is 0 Å². The third-order valence-electron chi connectivity index (χ3n) is 3.36. The minimum Gasteiger partial charge on any atom is -0.493 e. The van der Waals surface area contributed by atoms with Crippen molar-refractivity contribution in [2.75, 3.05) is 13.7 Å². The molecule has 21 heavy (non-hydrogen) atoms. The number of aryl methyl sites for hydroxylation is 2. The molecule has 0 aliphatic carbocycles. The highest BCUT2D eigenvalue weighted by Crippen LogP contribution is 2.33.